The average molecular weight is 466 g/mol. The van der Waals surface area contributed by atoms with Gasteiger partial charge >= 0.3 is 0 Å². The smallest absolute Gasteiger partial charge is 0.261 e. The van der Waals surface area contributed by atoms with Gasteiger partial charge in [-0.1, -0.05) is 42.8 Å². The van der Waals surface area contributed by atoms with Gasteiger partial charge in [0.25, 0.3) is 5.56 Å². The highest BCUT2D eigenvalue weighted by Gasteiger charge is 2.18. The van der Waals surface area contributed by atoms with Crippen LogP contribution < -0.4 is 5.56 Å². The number of aromatic nitrogens is 4. The van der Waals surface area contributed by atoms with Gasteiger partial charge in [-0.25, -0.2) is 4.98 Å². The van der Waals surface area contributed by atoms with Crippen molar-refractivity contribution in [3.63, 3.8) is 0 Å². The van der Waals surface area contributed by atoms with Crippen LogP contribution in [-0.4, -0.2) is 37.1 Å². The second kappa shape index (κ2) is 9.95. The number of carbonyl (C=O) groups excluding carboxylic acids is 1. The van der Waals surface area contributed by atoms with Crippen LogP contribution in [0.5, 0.6) is 0 Å². The van der Waals surface area contributed by atoms with Gasteiger partial charge < -0.3 is 9.32 Å². The van der Waals surface area contributed by atoms with Gasteiger partial charge in [-0.2, -0.15) is 0 Å². The van der Waals surface area contributed by atoms with Gasteiger partial charge in [0.15, 0.2) is 0 Å². The van der Waals surface area contributed by atoms with E-state index in [2.05, 4.69) is 15.2 Å². The third-order valence-electron chi connectivity index (χ3n) is 5.37. The number of hydrogen-bond donors (Lipinski definition) is 0. The third-order valence-corrected chi connectivity index (χ3v) is 5.69. The number of aryl methyl sites for hydroxylation is 2. The van der Waals surface area contributed by atoms with Crippen LogP contribution in [0.4, 0.5) is 0 Å². The van der Waals surface area contributed by atoms with Crippen molar-refractivity contribution in [1.82, 2.24) is 24.6 Å². The lowest BCUT2D eigenvalue weighted by molar-refractivity contribution is -0.132. The first-order valence-corrected chi connectivity index (χ1v) is 11.2. The molecule has 2 aromatic carbocycles. The van der Waals surface area contributed by atoms with Gasteiger partial charge in [0.2, 0.25) is 17.7 Å². The van der Waals surface area contributed by atoms with Crippen LogP contribution in [0.1, 0.15) is 31.2 Å². The van der Waals surface area contributed by atoms with E-state index in [0.717, 1.165) is 12.0 Å². The Kier molecular flexibility index (Phi) is 6.84. The largest absolute Gasteiger partial charge is 0.419 e. The molecule has 33 heavy (non-hydrogen) atoms. The Hall–Kier alpha value is -3.52. The van der Waals surface area contributed by atoms with Crippen molar-refractivity contribution < 1.29 is 9.21 Å². The van der Waals surface area contributed by atoms with Crippen LogP contribution in [0.2, 0.25) is 5.02 Å². The summed E-state index contributed by atoms with van der Waals surface area (Å²) in [4.78, 5) is 31.8. The maximum atomic E-state index is 12.9. The molecule has 0 aliphatic rings. The van der Waals surface area contributed by atoms with E-state index < -0.39 is 0 Å². The van der Waals surface area contributed by atoms with Crippen molar-refractivity contribution >= 4 is 28.4 Å². The van der Waals surface area contributed by atoms with Gasteiger partial charge in [-0.05, 0) is 37.1 Å². The number of carbonyl (C=O) groups is 1. The van der Waals surface area contributed by atoms with Crippen molar-refractivity contribution in [3.05, 3.63) is 75.6 Å². The Bertz CT molecular complexity index is 1350. The summed E-state index contributed by atoms with van der Waals surface area (Å²) in [6, 6.07) is 12.7. The lowest BCUT2D eigenvalue weighted by Crippen LogP contribution is -2.33. The summed E-state index contributed by atoms with van der Waals surface area (Å²) in [7, 11) is 0. The minimum absolute atomic E-state index is 0.106. The molecule has 0 radical (unpaired) electrons. The van der Waals surface area contributed by atoms with Crippen molar-refractivity contribution in [2.45, 2.75) is 39.8 Å². The summed E-state index contributed by atoms with van der Waals surface area (Å²) in [5.41, 5.74) is 2.12. The van der Waals surface area contributed by atoms with Gasteiger partial charge in [0.1, 0.15) is 0 Å². The number of halogens is 1. The van der Waals surface area contributed by atoms with E-state index in [-0.39, 0.29) is 31.0 Å². The number of nitrogens with zero attached hydrogens (tertiary/aromatic N) is 5. The van der Waals surface area contributed by atoms with E-state index in [0.29, 0.717) is 39.8 Å². The summed E-state index contributed by atoms with van der Waals surface area (Å²) >= 11 is 6.21. The Morgan fingerprint density at radius 3 is 2.76 bits per heavy atom. The predicted octanol–water partition coefficient (Wildman–Crippen LogP) is 4.24. The van der Waals surface area contributed by atoms with Crippen molar-refractivity contribution in [1.29, 1.82) is 0 Å². The Morgan fingerprint density at radius 2 is 1.97 bits per heavy atom. The molecule has 8 nitrogen and oxygen atoms in total. The first kappa shape index (κ1) is 22.7. The lowest BCUT2D eigenvalue weighted by Gasteiger charge is -2.20. The lowest BCUT2D eigenvalue weighted by atomic mass is 10.1. The van der Waals surface area contributed by atoms with Crippen LogP contribution in [-0.2, 0) is 17.9 Å². The zero-order chi connectivity index (χ0) is 23.4. The predicted molar refractivity (Wildman–Crippen MR) is 126 cm³/mol. The highest BCUT2D eigenvalue weighted by molar-refractivity contribution is 6.33. The topological polar surface area (TPSA) is 94.1 Å². The minimum Gasteiger partial charge on any atom is -0.419 e. The molecule has 2 aromatic heterocycles. The fourth-order valence-corrected chi connectivity index (χ4v) is 3.87. The van der Waals surface area contributed by atoms with Gasteiger partial charge in [-0.3, -0.25) is 14.2 Å². The molecule has 0 saturated carbocycles. The van der Waals surface area contributed by atoms with E-state index >= 15 is 0 Å². The Morgan fingerprint density at radius 1 is 1.15 bits per heavy atom. The van der Waals surface area contributed by atoms with E-state index in [9.17, 15) is 9.59 Å². The average Bonchev–Trinajstić information content (AvgIpc) is 3.27. The summed E-state index contributed by atoms with van der Waals surface area (Å²) in [6.07, 6.45) is 2.43. The Labute approximate surface area is 195 Å². The molecule has 9 heteroatoms. The van der Waals surface area contributed by atoms with Gasteiger partial charge in [0.05, 0.1) is 34.4 Å². The molecule has 0 fully saturated rings. The standard InChI is InChI=1S/C24H24ClN5O3/c1-3-12-29(14-20-27-28-23(33-20)17-8-4-5-10-19(17)25)21(31)11-13-30-15-26-22-16(2)7-6-9-18(22)24(30)32/h4-10,15H,3,11-14H2,1-2H3. The van der Waals surface area contributed by atoms with E-state index in [1.165, 1.54) is 10.9 Å². The molecule has 0 aliphatic heterocycles. The molecule has 0 aliphatic carbocycles. The number of fused-ring (bicyclic) bond motifs is 1. The summed E-state index contributed by atoms with van der Waals surface area (Å²) < 4.78 is 7.23. The summed E-state index contributed by atoms with van der Waals surface area (Å²) in [5.74, 6) is 0.529. The Balaban J connectivity index is 1.46. The molecule has 0 bridgehead atoms. The molecule has 0 spiro atoms. The molecular formula is C24H24ClN5O3. The van der Waals surface area contributed by atoms with E-state index in [4.69, 9.17) is 16.0 Å². The molecule has 0 N–H and O–H groups in total. The normalized spacial score (nSPS) is 11.1. The number of amides is 1. The number of hydrogen-bond acceptors (Lipinski definition) is 6. The van der Waals surface area contributed by atoms with Crippen LogP contribution in [0.3, 0.4) is 0 Å². The second-order valence-corrected chi connectivity index (χ2v) is 8.17. The zero-order valence-electron chi connectivity index (χ0n) is 18.5. The molecule has 1 amide bonds. The maximum absolute atomic E-state index is 12.9. The second-order valence-electron chi connectivity index (χ2n) is 7.76. The molecule has 170 valence electrons. The molecule has 4 rings (SSSR count). The van der Waals surface area contributed by atoms with Crippen LogP contribution in [0, 0.1) is 6.92 Å². The van der Waals surface area contributed by atoms with E-state index in [1.807, 2.05) is 38.1 Å². The van der Waals surface area contributed by atoms with Crippen molar-refractivity contribution in [2.24, 2.45) is 0 Å². The zero-order valence-corrected chi connectivity index (χ0v) is 19.2. The first-order valence-electron chi connectivity index (χ1n) is 10.8. The van der Waals surface area contributed by atoms with Crippen LogP contribution in [0.25, 0.3) is 22.4 Å². The number of rotatable bonds is 8. The minimum atomic E-state index is -0.153. The summed E-state index contributed by atoms with van der Waals surface area (Å²) in [6.45, 7) is 4.87. The molecule has 2 heterocycles. The fraction of sp³-hybridized carbons (Fsp3) is 0.292. The number of para-hydroxylation sites is 1. The fourth-order valence-electron chi connectivity index (χ4n) is 3.66. The van der Waals surface area contributed by atoms with E-state index in [1.54, 1.807) is 23.1 Å². The van der Waals surface area contributed by atoms with Crippen LogP contribution >= 0.6 is 11.6 Å². The summed E-state index contributed by atoms with van der Waals surface area (Å²) in [5, 5.41) is 9.21. The monoisotopic (exact) mass is 465 g/mol. The highest BCUT2D eigenvalue weighted by atomic mass is 35.5. The maximum Gasteiger partial charge on any atom is 0.261 e. The van der Waals surface area contributed by atoms with Crippen molar-refractivity contribution in [3.8, 4) is 11.5 Å². The molecule has 0 unspecified atom stereocenters. The SMILES string of the molecule is CCCN(Cc1nnc(-c2ccccc2Cl)o1)C(=O)CCn1cnc2c(C)cccc2c1=O. The molecule has 0 atom stereocenters. The molecule has 4 aromatic rings. The molecular weight excluding hydrogens is 442 g/mol. The quantitative estimate of drug-likeness (QED) is 0.386. The molecule has 0 saturated heterocycles. The van der Waals surface area contributed by atoms with Gasteiger partial charge in [-0.15, -0.1) is 10.2 Å². The van der Waals surface area contributed by atoms with Crippen molar-refractivity contribution in [2.75, 3.05) is 6.54 Å². The van der Waals surface area contributed by atoms with Crippen LogP contribution in [0.15, 0.2) is 58.0 Å². The first-order chi connectivity index (χ1) is 16.0. The van der Waals surface area contributed by atoms with Gasteiger partial charge in [0, 0.05) is 19.5 Å². The third kappa shape index (κ3) is 4.96. The number of benzene rings is 2. The highest BCUT2D eigenvalue weighted by Crippen LogP contribution is 2.26.